The Bertz CT molecular complexity index is 974. The maximum Gasteiger partial charge on any atom is 0.411 e. The average molecular weight is 408 g/mol. The van der Waals surface area contributed by atoms with Crippen LogP contribution in [-0.4, -0.2) is 41.3 Å². The first-order valence-electron chi connectivity index (χ1n) is 8.14. The molecule has 28 heavy (non-hydrogen) atoms. The van der Waals surface area contributed by atoms with Gasteiger partial charge in [-0.05, 0) is 37.3 Å². The topological polar surface area (TPSA) is 120 Å². The Morgan fingerprint density at radius 1 is 1.04 bits per heavy atom. The molecule has 150 valence electrons. The zero-order chi connectivity index (χ0) is 20.7. The first kappa shape index (κ1) is 21.0. The van der Waals surface area contributed by atoms with Gasteiger partial charge in [-0.15, -0.1) is 0 Å². The first-order chi connectivity index (χ1) is 13.3. The normalized spacial score (nSPS) is 10.7. The van der Waals surface area contributed by atoms with Crippen molar-refractivity contribution in [3.05, 3.63) is 48.0 Å². The van der Waals surface area contributed by atoms with Crippen LogP contribution in [0.3, 0.4) is 0 Å². The van der Waals surface area contributed by atoms with E-state index in [1.54, 1.807) is 19.1 Å². The van der Waals surface area contributed by atoms with Crippen molar-refractivity contribution >= 4 is 33.5 Å². The molecule has 9 nitrogen and oxygen atoms in total. The molecular weight excluding hydrogens is 388 g/mol. The number of ether oxygens (including phenoxy) is 3. The van der Waals surface area contributed by atoms with Crippen molar-refractivity contribution in [2.24, 2.45) is 0 Å². The van der Waals surface area contributed by atoms with Crippen molar-refractivity contribution in [3.63, 3.8) is 0 Å². The maximum absolute atomic E-state index is 12.8. The van der Waals surface area contributed by atoms with Gasteiger partial charge in [0.1, 0.15) is 5.75 Å². The SMILES string of the molecule is CCOC(=O)Nc1cc(S(=O)(=O)Nc2ccccc2C(=O)OC)ccc1OC. The van der Waals surface area contributed by atoms with Crippen molar-refractivity contribution < 1.29 is 32.2 Å². The van der Waals surface area contributed by atoms with Gasteiger partial charge in [0.05, 0.1) is 42.7 Å². The number of para-hydroxylation sites is 1. The molecule has 1 amide bonds. The molecule has 0 fully saturated rings. The van der Waals surface area contributed by atoms with Crippen LogP contribution in [0.2, 0.25) is 0 Å². The minimum absolute atomic E-state index is 0.0602. The van der Waals surface area contributed by atoms with Crippen LogP contribution in [0, 0.1) is 0 Å². The maximum atomic E-state index is 12.8. The van der Waals surface area contributed by atoms with Crippen molar-refractivity contribution in [1.82, 2.24) is 0 Å². The third-order valence-corrected chi connectivity index (χ3v) is 4.93. The van der Waals surface area contributed by atoms with Crippen LogP contribution in [0.5, 0.6) is 5.75 Å². The number of methoxy groups -OCH3 is 2. The van der Waals surface area contributed by atoms with Crippen LogP contribution in [0.15, 0.2) is 47.4 Å². The molecule has 0 unspecified atom stereocenters. The number of esters is 1. The van der Waals surface area contributed by atoms with E-state index < -0.39 is 22.1 Å². The molecule has 0 bridgehead atoms. The summed E-state index contributed by atoms with van der Waals surface area (Å²) in [5, 5.41) is 2.42. The predicted octanol–water partition coefficient (Wildman–Crippen LogP) is 2.85. The summed E-state index contributed by atoms with van der Waals surface area (Å²) < 4.78 is 42.5. The smallest absolute Gasteiger partial charge is 0.411 e. The number of benzene rings is 2. The Kier molecular flexibility index (Phi) is 6.83. The molecule has 0 saturated carbocycles. The lowest BCUT2D eigenvalue weighted by Crippen LogP contribution is -2.17. The molecular formula is C18H20N2O7S. The second kappa shape index (κ2) is 9.09. The quantitative estimate of drug-likeness (QED) is 0.676. The third-order valence-electron chi connectivity index (χ3n) is 3.57. The Morgan fingerprint density at radius 3 is 2.39 bits per heavy atom. The van der Waals surface area contributed by atoms with Gasteiger partial charge < -0.3 is 14.2 Å². The molecule has 0 spiro atoms. The second-order valence-corrected chi connectivity index (χ2v) is 7.03. The minimum atomic E-state index is -4.08. The standard InChI is InChI=1S/C18H20N2O7S/c1-4-27-18(22)19-15-11-12(9-10-16(15)25-2)28(23,24)20-14-8-6-5-7-13(14)17(21)26-3/h5-11,20H,4H2,1-3H3,(H,19,22). The van der Waals surface area contributed by atoms with E-state index in [0.29, 0.717) is 0 Å². The number of nitrogens with one attached hydrogen (secondary N) is 2. The van der Waals surface area contributed by atoms with E-state index in [-0.39, 0.29) is 34.2 Å². The van der Waals surface area contributed by atoms with Crippen LogP contribution in [0.25, 0.3) is 0 Å². The van der Waals surface area contributed by atoms with Gasteiger partial charge in [0, 0.05) is 0 Å². The van der Waals surface area contributed by atoms with Crippen LogP contribution >= 0.6 is 0 Å². The van der Waals surface area contributed by atoms with Gasteiger partial charge >= 0.3 is 12.1 Å². The Hall–Kier alpha value is -3.27. The highest BCUT2D eigenvalue weighted by Gasteiger charge is 2.21. The lowest BCUT2D eigenvalue weighted by Gasteiger charge is -2.14. The fraction of sp³-hybridized carbons (Fsp3) is 0.222. The van der Waals surface area contributed by atoms with Gasteiger partial charge in [0.2, 0.25) is 0 Å². The van der Waals surface area contributed by atoms with Gasteiger partial charge in [-0.2, -0.15) is 0 Å². The van der Waals surface area contributed by atoms with Crippen LogP contribution < -0.4 is 14.8 Å². The fourth-order valence-electron chi connectivity index (χ4n) is 2.29. The van der Waals surface area contributed by atoms with Crippen LogP contribution in [0.1, 0.15) is 17.3 Å². The number of hydrogen-bond donors (Lipinski definition) is 2. The molecule has 2 N–H and O–H groups in total. The van der Waals surface area contributed by atoms with Gasteiger partial charge in [0.15, 0.2) is 0 Å². The summed E-state index contributed by atoms with van der Waals surface area (Å²) in [6.45, 7) is 1.79. The zero-order valence-corrected chi connectivity index (χ0v) is 16.3. The van der Waals surface area contributed by atoms with E-state index in [1.807, 2.05) is 0 Å². The van der Waals surface area contributed by atoms with Crippen molar-refractivity contribution in [2.45, 2.75) is 11.8 Å². The molecule has 10 heteroatoms. The summed E-state index contributed by atoms with van der Waals surface area (Å²) in [7, 11) is -1.50. The lowest BCUT2D eigenvalue weighted by atomic mass is 10.2. The second-order valence-electron chi connectivity index (χ2n) is 5.35. The zero-order valence-electron chi connectivity index (χ0n) is 15.5. The van der Waals surface area contributed by atoms with Crippen LogP contribution in [-0.2, 0) is 19.5 Å². The van der Waals surface area contributed by atoms with E-state index in [1.165, 1.54) is 44.6 Å². The number of hydrogen-bond acceptors (Lipinski definition) is 7. The molecule has 2 rings (SSSR count). The summed E-state index contributed by atoms with van der Waals surface area (Å²) >= 11 is 0. The minimum Gasteiger partial charge on any atom is -0.495 e. The molecule has 2 aromatic carbocycles. The Morgan fingerprint density at radius 2 is 1.75 bits per heavy atom. The third kappa shape index (κ3) is 4.92. The van der Waals surface area contributed by atoms with Gasteiger partial charge in [0.25, 0.3) is 10.0 Å². The molecule has 0 aliphatic carbocycles. The summed E-state index contributed by atoms with van der Waals surface area (Å²) in [5.41, 5.74) is 0.238. The van der Waals surface area contributed by atoms with Crippen LogP contribution in [0.4, 0.5) is 16.2 Å². The van der Waals surface area contributed by atoms with E-state index in [2.05, 4.69) is 14.8 Å². The van der Waals surface area contributed by atoms with E-state index >= 15 is 0 Å². The summed E-state index contributed by atoms with van der Waals surface area (Å²) in [4.78, 5) is 23.4. The lowest BCUT2D eigenvalue weighted by molar-refractivity contribution is 0.0602. The molecule has 2 aromatic rings. The number of amides is 1. The predicted molar refractivity (Wildman–Crippen MR) is 102 cm³/mol. The highest BCUT2D eigenvalue weighted by molar-refractivity contribution is 7.92. The number of carbonyl (C=O) groups is 2. The molecule has 0 aliphatic heterocycles. The summed E-state index contributed by atoms with van der Waals surface area (Å²) in [6, 6.07) is 9.95. The number of sulfonamides is 1. The van der Waals surface area contributed by atoms with E-state index in [0.717, 1.165) is 0 Å². The largest absolute Gasteiger partial charge is 0.495 e. The molecule has 0 aromatic heterocycles. The summed E-state index contributed by atoms with van der Waals surface area (Å²) in [6.07, 6.45) is -0.751. The number of anilines is 2. The molecule has 0 heterocycles. The highest BCUT2D eigenvalue weighted by atomic mass is 32.2. The average Bonchev–Trinajstić information content (AvgIpc) is 2.67. The number of rotatable bonds is 7. The molecule has 0 aliphatic rings. The van der Waals surface area contributed by atoms with E-state index in [4.69, 9.17) is 9.47 Å². The van der Waals surface area contributed by atoms with Crippen molar-refractivity contribution in [2.75, 3.05) is 30.9 Å². The molecule has 0 saturated heterocycles. The number of carbonyl (C=O) groups excluding carboxylic acids is 2. The monoisotopic (exact) mass is 408 g/mol. The van der Waals surface area contributed by atoms with Gasteiger partial charge in [-0.25, -0.2) is 18.0 Å². The van der Waals surface area contributed by atoms with Crippen molar-refractivity contribution in [3.8, 4) is 5.75 Å². The van der Waals surface area contributed by atoms with Gasteiger partial charge in [-0.3, -0.25) is 10.0 Å². The molecule has 0 radical (unpaired) electrons. The molecule has 0 atom stereocenters. The van der Waals surface area contributed by atoms with E-state index in [9.17, 15) is 18.0 Å². The van der Waals surface area contributed by atoms with Crippen molar-refractivity contribution in [1.29, 1.82) is 0 Å². The fourth-order valence-corrected chi connectivity index (χ4v) is 3.40. The first-order valence-corrected chi connectivity index (χ1v) is 9.62. The Labute approximate surface area is 162 Å². The Balaban J connectivity index is 2.39. The highest BCUT2D eigenvalue weighted by Crippen LogP contribution is 2.29. The summed E-state index contributed by atoms with van der Waals surface area (Å²) in [5.74, 6) is -0.431. The van der Waals surface area contributed by atoms with Gasteiger partial charge in [-0.1, -0.05) is 12.1 Å².